The summed E-state index contributed by atoms with van der Waals surface area (Å²) in [4.78, 5) is 11.8. The van der Waals surface area contributed by atoms with Crippen molar-refractivity contribution in [2.24, 2.45) is 0 Å². The summed E-state index contributed by atoms with van der Waals surface area (Å²) in [6.45, 7) is 3.35. The molecule has 1 aromatic carbocycles. The second-order valence-electron chi connectivity index (χ2n) is 3.80. The maximum Gasteiger partial charge on any atom is 0.251 e. The van der Waals surface area contributed by atoms with Gasteiger partial charge in [0, 0.05) is 18.7 Å². The fourth-order valence-corrected chi connectivity index (χ4v) is 1.47. The second kappa shape index (κ2) is 4.37. The quantitative estimate of drug-likeness (QED) is 0.517. The minimum absolute atomic E-state index is 0.0837. The van der Waals surface area contributed by atoms with Crippen molar-refractivity contribution < 1.29 is 9.90 Å². The molecule has 4 nitrogen and oxygen atoms in total. The van der Waals surface area contributed by atoms with E-state index in [1.54, 1.807) is 31.2 Å². The van der Waals surface area contributed by atoms with Crippen molar-refractivity contribution in [2.45, 2.75) is 6.92 Å². The molecule has 1 heterocycles. The molecule has 0 saturated carbocycles. The van der Waals surface area contributed by atoms with Crippen LogP contribution in [-0.4, -0.2) is 24.1 Å². The van der Waals surface area contributed by atoms with Crippen LogP contribution in [0.15, 0.2) is 35.4 Å². The average molecular weight is 218 g/mol. The number of aromatic hydroxyl groups is 1. The zero-order valence-corrected chi connectivity index (χ0v) is 9.08. The molecule has 0 atom stereocenters. The minimum Gasteiger partial charge on any atom is -0.506 e. The van der Waals surface area contributed by atoms with Crippen LogP contribution in [0, 0.1) is 0 Å². The Morgan fingerprint density at radius 1 is 1.38 bits per heavy atom. The lowest BCUT2D eigenvalue weighted by atomic mass is 10.0. The maximum absolute atomic E-state index is 11.8. The van der Waals surface area contributed by atoms with Gasteiger partial charge >= 0.3 is 0 Å². The Morgan fingerprint density at radius 3 is 2.62 bits per heavy atom. The van der Waals surface area contributed by atoms with Crippen molar-refractivity contribution in [1.29, 1.82) is 0 Å². The number of hydrogen-bond acceptors (Lipinski definition) is 3. The molecule has 0 spiro atoms. The molecule has 1 aliphatic heterocycles. The zero-order chi connectivity index (χ0) is 11.5. The standard InChI is InChI=1S/C12H14N2O2/c1-8(9-6-13-7-9)12(16)14-10-4-2-3-5-11(10)15/h2-5,13,15H,6-7H2,1H3,(H,14,16). The van der Waals surface area contributed by atoms with Gasteiger partial charge in [-0.3, -0.25) is 4.79 Å². The molecule has 2 rings (SSSR count). The molecule has 84 valence electrons. The summed E-state index contributed by atoms with van der Waals surface area (Å²) in [5.41, 5.74) is 2.29. The maximum atomic E-state index is 11.8. The number of phenols is 1. The van der Waals surface area contributed by atoms with E-state index in [9.17, 15) is 9.90 Å². The third-order valence-electron chi connectivity index (χ3n) is 2.70. The lowest BCUT2D eigenvalue weighted by Crippen LogP contribution is -2.36. The summed E-state index contributed by atoms with van der Waals surface area (Å²) < 4.78 is 0. The van der Waals surface area contributed by atoms with Gasteiger partial charge < -0.3 is 15.7 Å². The molecule has 1 aliphatic rings. The van der Waals surface area contributed by atoms with Gasteiger partial charge in [-0.25, -0.2) is 0 Å². The fraction of sp³-hybridized carbons (Fsp3) is 0.250. The molecule has 1 aromatic rings. The summed E-state index contributed by atoms with van der Waals surface area (Å²) in [6, 6.07) is 6.70. The van der Waals surface area contributed by atoms with Crippen molar-refractivity contribution in [1.82, 2.24) is 5.32 Å². The smallest absolute Gasteiger partial charge is 0.251 e. The van der Waals surface area contributed by atoms with Gasteiger partial charge in [0.15, 0.2) is 0 Å². The number of benzene rings is 1. The van der Waals surface area contributed by atoms with Gasteiger partial charge in [-0.05, 0) is 24.6 Å². The van der Waals surface area contributed by atoms with Crippen LogP contribution in [0.4, 0.5) is 5.69 Å². The average Bonchev–Trinajstić information content (AvgIpc) is 2.18. The number of amides is 1. The first kappa shape index (κ1) is 10.7. The Bertz CT molecular complexity index is 446. The lowest BCUT2D eigenvalue weighted by Gasteiger charge is -2.21. The highest BCUT2D eigenvalue weighted by Crippen LogP contribution is 2.22. The first-order valence-electron chi connectivity index (χ1n) is 5.17. The highest BCUT2D eigenvalue weighted by atomic mass is 16.3. The molecular weight excluding hydrogens is 204 g/mol. The van der Waals surface area contributed by atoms with Crippen LogP contribution in [0.1, 0.15) is 6.92 Å². The molecule has 16 heavy (non-hydrogen) atoms. The summed E-state index contributed by atoms with van der Waals surface area (Å²) in [5.74, 6) is -0.0709. The highest BCUT2D eigenvalue weighted by Gasteiger charge is 2.16. The molecule has 0 aromatic heterocycles. The van der Waals surface area contributed by atoms with Crippen LogP contribution in [0.25, 0.3) is 0 Å². The van der Waals surface area contributed by atoms with Gasteiger partial charge in [0.2, 0.25) is 0 Å². The van der Waals surface area contributed by atoms with Crippen molar-refractivity contribution in [2.75, 3.05) is 18.4 Å². The Hall–Kier alpha value is -1.81. The van der Waals surface area contributed by atoms with Gasteiger partial charge in [-0.15, -0.1) is 0 Å². The summed E-state index contributed by atoms with van der Waals surface area (Å²) in [7, 11) is 0. The second-order valence-corrected chi connectivity index (χ2v) is 3.80. The third-order valence-corrected chi connectivity index (χ3v) is 2.70. The molecule has 1 amide bonds. The lowest BCUT2D eigenvalue weighted by molar-refractivity contribution is -0.112. The van der Waals surface area contributed by atoms with E-state index in [0.29, 0.717) is 5.69 Å². The van der Waals surface area contributed by atoms with Gasteiger partial charge in [0.25, 0.3) is 5.91 Å². The topological polar surface area (TPSA) is 61.4 Å². The molecule has 1 fully saturated rings. The van der Waals surface area contributed by atoms with E-state index >= 15 is 0 Å². The Morgan fingerprint density at radius 2 is 2.06 bits per heavy atom. The molecular formula is C12H14N2O2. The van der Waals surface area contributed by atoms with Gasteiger partial charge in [-0.1, -0.05) is 12.1 Å². The summed E-state index contributed by atoms with van der Waals surface area (Å²) >= 11 is 0. The van der Waals surface area contributed by atoms with Gasteiger partial charge in [-0.2, -0.15) is 0 Å². The SMILES string of the molecule is CC(C(=O)Nc1ccccc1O)=C1CNC1. The first-order valence-corrected chi connectivity index (χ1v) is 5.17. The molecule has 0 unspecified atom stereocenters. The molecule has 3 N–H and O–H groups in total. The molecule has 0 bridgehead atoms. The van der Waals surface area contributed by atoms with Crippen LogP contribution in [0.3, 0.4) is 0 Å². The normalized spacial score (nSPS) is 14.2. The van der Waals surface area contributed by atoms with E-state index in [2.05, 4.69) is 10.6 Å². The largest absolute Gasteiger partial charge is 0.506 e. The first-order chi connectivity index (χ1) is 7.68. The zero-order valence-electron chi connectivity index (χ0n) is 9.08. The number of carbonyl (C=O) groups excluding carboxylic acids is 1. The Kier molecular flexibility index (Phi) is 2.92. The third kappa shape index (κ3) is 2.06. The molecule has 1 saturated heterocycles. The number of rotatable bonds is 2. The molecule has 0 radical (unpaired) electrons. The van der Waals surface area contributed by atoms with Crippen LogP contribution >= 0.6 is 0 Å². The number of anilines is 1. The van der Waals surface area contributed by atoms with Crippen molar-refractivity contribution >= 4 is 11.6 Å². The predicted molar refractivity (Wildman–Crippen MR) is 62.3 cm³/mol. The molecule has 4 heteroatoms. The predicted octanol–water partition coefficient (Wildman–Crippen LogP) is 1.25. The fourth-order valence-electron chi connectivity index (χ4n) is 1.47. The van der Waals surface area contributed by atoms with Crippen molar-refractivity contribution in [3.05, 3.63) is 35.4 Å². The number of phenolic OH excluding ortho intramolecular Hbond substituents is 1. The highest BCUT2D eigenvalue weighted by molar-refractivity contribution is 6.04. The van der Waals surface area contributed by atoms with E-state index < -0.39 is 0 Å². The van der Waals surface area contributed by atoms with E-state index in [0.717, 1.165) is 24.2 Å². The minimum atomic E-state index is -0.155. The van der Waals surface area contributed by atoms with Crippen LogP contribution in [0.5, 0.6) is 5.75 Å². The van der Waals surface area contributed by atoms with Crippen LogP contribution in [-0.2, 0) is 4.79 Å². The van der Waals surface area contributed by atoms with Crippen molar-refractivity contribution in [3.8, 4) is 5.75 Å². The Labute approximate surface area is 94.0 Å². The van der Waals surface area contributed by atoms with Gasteiger partial charge in [0.1, 0.15) is 5.75 Å². The van der Waals surface area contributed by atoms with Crippen LogP contribution < -0.4 is 10.6 Å². The number of hydrogen-bond donors (Lipinski definition) is 3. The summed E-state index contributed by atoms with van der Waals surface area (Å²) in [5, 5.41) is 15.3. The molecule has 0 aliphatic carbocycles. The van der Waals surface area contributed by atoms with E-state index in [4.69, 9.17) is 0 Å². The van der Waals surface area contributed by atoms with E-state index in [-0.39, 0.29) is 11.7 Å². The Balaban J connectivity index is 2.11. The van der Waals surface area contributed by atoms with Crippen molar-refractivity contribution in [3.63, 3.8) is 0 Å². The van der Waals surface area contributed by atoms with Crippen LogP contribution in [0.2, 0.25) is 0 Å². The number of carbonyl (C=O) groups is 1. The van der Waals surface area contributed by atoms with Gasteiger partial charge in [0.05, 0.1) is 5.69 Å². The summed E-state index contributed by atoms with van der Waals surface area (Å²) in [6.07, 6.45) is 0. The number of para-hydroxylation sites is 2. The number of nitrogens with one attached hydrogen (secondary N) is 2. The monoisotopic (exact) mass is 218 g/mol. The van der Waals surface area contributed by atoms with E-state index in [1.165, 1.54) is 0 Å². The van der Waals surface area contributed by atoms with E-state index in [1.807, 2.05) is 0 Å².